The van der Waals surface area contributed by atoms with Crippen LogP contribution in [0.25, 0.3) is 6.08 Å². The lowest BCUT2D eigenvalue weighted by molar-refractivity contribution is -0.145. The fourth-order valence-electron chi connectivity index (χ4n) is 2.90. The summed E-state index contributed by atoms with van der Waals surface area (Å²) >= 11 is 6.76. The molecule has 0 spiro atoms. The van der Waals surface area contributed by atoms with E-state index in [1.165, 1.54) is 11.8 Å². The van der Waals surface area contributed by atoms with Gasteiger partial charge in [0.25, 0.3) is 0 Å². The lowest BCUT2D eigenvalue weighted by Crippen LogP contribution is -2.15. The predicted molar refractivity (Wildman–Crippen MR) is 144 cm³/mol. The van der Waals surface area contributed by atoms with Gasteiger partial charge in [-0.05, 0) is 88.3 Å². The van der Waals surface area contributed by atoms with Crippen molar-refractivity contribution in [2.75, 3.05) is 19.8 Å². The molecule has 0 aliphatic carbocycles. The van der Waals surface area contributed by atoms with Crippen LogP contribution in [-0.4, -0.2) is 41.9 Å². The molecule has 2 aromatic carbocycles. The highest BCUT2D eigenvalue weighted by Gasteiger charge is 2.33. The van der Waals surface area contributed by atoms with Crippen LogP contribution in [0, 0.1) is 3.57 Å². The number of para-hydroxylation sites is 1. The first-order valence-electron chi connectivity index (χ1n) is 10.3. The Morgan fingerprint density at radius 2 is 1.85 bits per heavy atom. The van der Waals surface area contributed by atoms with Gasteiger partial charge >= 0.3 is 11.9 Å². The number of aliphatic hydroxyl groups excluding tert-OH is 1. The van der Waals surface area contributed by atoms with Gasteiger partial charge in [0, 0.05) is 0 Å². The van der Waals surface area contributed by atoms with Gasteiger partial charge < -0.3 is 19.3 Å². The predicted octanol–water partition coefficient (Wildman–Crippen LogP) is 6.19. The zero-order valence-corrected chi connectivity index (χ0v) is 22.9. The second kappa shape index (κ2) is 12.4. The van der Waals surface area contributed by atoms with Crippen molar-refractivity contribution in [3.8, 4) is 5.75 Å². The summed E-state index contributed by atoms with van der Waals surface area (Å²) in [5.41, 5.74) is 1.43. The van der Waals surface area contributed by atoms with Crippen LogP contribution < -0.4 is 4.74 Å². The largest absolute Gasteiger partial charge is 0.506 e. The molecule has 0 saturated heterocycles. The summed E-state index contributed by atoms with van der Waals surface area (Å²) < 4.78 is 17.0. The zero-order chi connectivity index (χ0) is 24.7. The second-order valence-electron chi connectivity index (χ2n) is 6.71. The summed E-state index contributed by atoms with van der Waals surface area (Å²) in [6, 6.07) is 12.8. The number of aliphatic hydroxyl groups is 1. The molecule has 0 bridgehead atoms. The number of benzene rings is 2. The van der Waals surface area contributed by atoms with Crippen LogP contribution in [0.3, 0.4) is 0 Å². The average Bonchev–Trinajstić information content (AvgIpc) is 3.08. The molecule has 1 aliphatic rings. The maximum absolute atomic E-state index is 12.6. The van der Waals surface area contributed by atoms with Crippen molar-refractivity contribution < 1.29 is 28.9 Å². The van der Waals surface area contributed by atoms with Crippen molar-refractivity contribution in [2.24, 2.45) is 4.99 Å². The Balaban J connectivity index is 1.93. The fourth-order valence-corrected chi connectivity index (χ4v) is 5.70. The van der Waals surface area contributed by atoms with E-state index in [0.29, 0.717) is 25.9 Å². The second-order valence-corrected chi connectivity index (χ2v) is 9.76. The number of carbonyl (C=O) groups is 2. The number of hydrogen-bond acceptors (Lipinski definition) is 8. The summed E-state index contributed by atoms with van der Waals surface area (Å²) in [4.78, 5) is 29.2. The normalized spacial score (nSPS) is 15.6. The highest BCUT2D eigenvalue weighted by Crippen LogP contribution is 2.41. The van der Waals surface area contributed by atoms with E-state index in [1.54, 1.807) is 26.0 Å². The average molecular weight is 658 g/mol. The molecule has 1 N–H and O–H groups in total. The molecule has 0 amide bonds. The Bertz CT molecular complexity index is 1160. The SMILES string of the molecule is CCOC(=O)COc1c(Br)cc(/C=C2\SC(=Nc3ccccc3)C(C(=O)OCC)=C2O)cc1I. The van der Waals surface area contributed by atoms with Crippen molar-refractivity contribution in [3.63, 3.8) is 0 Å². The van der Waals surface area contributed by atoms with E-state index >= 15 is 0 Å². The van der Waals surface area contributed by atoms with Gasteiger partial charge in [-0.15, -0.1) is 0 Å². The minimum Gasteiger partial charge on any atom is -0.506 e. The van der Waals surface area contributed by atoms with Crippen molar-refractivity contribution >= 4 is 79.0 Å². The summed E-state index contributed by atoms with van der Waals surface area (Å²) in [5.74, 6) is -0.769. The molecule has 2 aromatic rings. The van der Waals surface area contributed by atoms with Gasteiger partial charge in [-0.2, -0.15) is 0 Å². The third-order valence-electron chi connectivity index (χ3n) is 4.32. The van der Waals surface area contributed by atoms with Gasteiger partial charge in [0.2, 0.25) is 0 Å². The maximum Gasteiger partial charge on any atom is 0.344 e. The van der Waals surface area contributed by atoms with E-state index in [-0.39, 0.29) is 31.2 Å². The van der Waals surface area contributed by atoms with Crippen LogP contribution in [0.2, 0.25) is 0 Å². The smallest absolute Gasteiger partial charge is 0.344 e. The lowest BCUT2D eigenvalue weighted by atomic mass is 10.1. The molecular formula is C24H21BrINO6S. The molecule has 1 aliphatic heterocycles. The number of carbonyl (C=O) groups excluding carboxylic acids is 2. The third-order valence-corrected chi connectivity index (χ3v) is 6.73. The van der Waals surface area contributed by atoms with Gasteiger partial charge in [-0.3, -0.25) is 0 Å². The summed E-state index contributed by atoms with van der Waals surface area (Å²) in [7, 11) is 0. The third kappa shape index (κ3) is 6.63. The lowest BCUT2D eigenvalue weighted by Gasteiger charge is -2.11. The number of hydrogen-bond donors (Lipinski definition) is 1. The van der Waals surface area contributed by atoms with Gasteiger partial charge in [-0.1, -0.05) is 30.0 Å². The zero-order valence-electron chi connectivity index (χ0n) is 18.3. The van der Waals surface area contributed by atoms with Crippen LogP contribution >= 0.6 is 50.3 Å². The van der Waals surface area contributed by atoms with Crippen LogP contribution in [-0.2, 0) is 19.1 Å². The summed E-state index contributed by atoms with van der Waals surface area (Å²) in [6.45, 7) is 3.69. The number of nitrogens with zero attached hydrogens (tertiary/aromatic N) is 1. The van der Waals surface area contributed by atoms with E-state index in [4.69, 9.17) is 14.2 Å². The summed E-state index contributed by atoms with van der Waals surface area (Å²) in [5, 5.41) is 11.2. The highest BCUT2D eigenvalue weighted by atomic mass is 127. The summed E-state index contributed by atoms with van der Waals surface area (Å²) in [6.07, 6.45) is 1.74. The Kier molecular flexibility index (Phi) is 9.60. The van der Waals surface area contributed by atoms with E-state index in [1.807, 2.05) is 36.4 Å². The van der Waals surface area contributed by atoms with E-state index < -0.39 is 11.9 Å². The number of rotatable bonds is 8. The first-order chi connectivity index (χ1) is 16.3. The molecule has 0 saturated carbocycles. The molecule has 34 heavy (non-hydrogen) atoms. The van der Waals surface area contributed by atoms with Gasteiger partial charge in [0.05, 0.1) is 31.8 Å². The molecule has 0 aromatic heterocycles. The van der Waals surface area contributed by atoms with Crippen LogP contribution in [0.4, 0.5) is 5.69 Å². The topological polar surface area (TPSA) is 94.4 Å². The van der Waals surface area contributed by atoms with Gasteiger partial charge in [0.15, 0.2) is 6.61 Å². The molecule has 0 fully saturated rings. The van der Waals surface area contributed by atoms with Crippen molar-refractivity contribution in [1.29, 1.82) is 0 Å². The quantitative estimate of drug-likeness (QED) is 0.267. The van der Waals surface area contributed by atoms with E-state index in [2.05, 4.69) is 43.5 Å². The van der Waals surface area contributed by atoms with Crippen molar-refractivity contribution in [1.82, 2.24) is 0 Å². The Labute approximate surface area is 223 Å². The van der Waals surface area contributed by atoms with Gasteiger partial charge in [-0.25, -0.2) is 14.6 Å². The molecule has 3 rings (SSSR count). The standard InChI is InChI=1S/C24H21BrINO6S/c1-3-31-19(28)13-33-22-16(25)10-14(11-17(22)26)12-18-21(29)20(24(30)32-4-2)23(34-18)27-15-8-6-5-7-9-15/h5-12,29H,3-4,13H2,1-2H3/b18-12-,27-23?. The molecule has 0 unspecified atom stereocenters. The molecule has 7 nitrogen and oxygen atoms in total. The Morgan fingerprint density at radius 3 is 2.50 bits per heavy atom. The van der Waals surface area contributed by atoms with Crippen LogP contribution in [0.15, 0.2) is 68.2 Å². The number of esters is 2. The monoisotopic (exact) mass is 657 g/mol. The number of ether oxygens (including phenoxy) is 3. The minimum absolute atomic E-state index is 0.0325. The Hall–Kier alpha value is -2.31. The van der Waals surface area contributed by atoms with Gasteiger partial charge in [0.1, 0.15) is 22.1 Å². The highest BCUT2D eigenvalue weighted by molar-refractivity contribution is 14.1. The molecule has 10 heteroatoms. The number of aliphatic imine (C=N–C) groups is 1. The number of halogens is 2. The molecule has 1 heterocycles. The van der Waals surface area contributed by atoms with E-state index in [0.717, 1.165) is 9.13 Å². The van der Waals surface area contributed by atoms with E-state index in [9.17, 15) is 14.7 Å². The minimum atomic E-state index is -0.635. The Morgan fingerprint density at radius 1 is 1.15 bits per heavy atom. The fraction of sp³-hybridized carbons (Fsp3) is 0.208. The molecule has 178 valence electrons. The molecular weight excluding hydrogens is 637 g/mol. The van der Waals surface area contributed by atoms with Crippen molar-refractivity contribution in [2.45, 2.75) is 13.8 Å². The molecule has 0 radical (unpaired) electrons. The van der Waals surface area contributed by atoms with Crippen molar-refractivity contribution in [3.05, 3.63) is 72.3 Å². The first-order valence-corrected chi connectivity index (χ1v) is 12.9. The van der Waals surface area contributed by atoms with Crippen LogP contribution in [0.5, 0.6) is 5.75 Å². The molecule has 0 atom stereocenters. The maximum atomic E-state index is 12.6. The van der Waals surface area contributed by atoms with Crippen LogP contribution in [0.1, 0.15) is 19.4 Å². The first kappa shape index (κ1) is 26.3. The number of thioether (sulfide) groups is 1.